The number of amides is 3. The molecular weight excluding hydrogens is 570 g/mol. The number of ether oxygens (including phenoxy) is 1. The number of aromatic nitrogens is 3. The van der Waals surface area contributed by atoms with E-state index in [1.54, 1.807) is 37.3 Å². The number of rotatable bonds is 6. The van der Waals surface area contributed by atoms with Gasteiger partial charge in [0.25, 0.3) is 5.91 Å². The fourth-order valence-electron chi connectivity index (χ4n) is 6.05. The molecule has 2 aromatic heterocycles. The first kappa shape index (κ1) is 27.3. The highest BCUT2D eigenvalue weighted by molar-refractivity contribution is 6.24. The molecule has 2 fully saturated rings. The van der Waals surface area contributed by atoms with Crippen LogP contribution in [-0.4, -0.2) is 38.0 Å². The number of halogens is 2. The first-order chi connectivity index (χ1) is 21.1. The summed E-state index contributed by atoms with van der Waals surface area (Å²) >= 11 is 0. The minimum absolute atomic E-state index is 0.0765. The van der Waals surface area contributed by atoms with E-state index < -0.39 is 34.9 Å². The summed E-state index contributed by atoms with van der Waals surface area (Å²) in [7, 11) is 0. The van der Waals surface area contributed by atoms with Crippen molar-refractivity contribution in [1.82, 2.24) is 20.1 Å². The molecule has 3 aromatic carbocycles. The normalized spacial score (nSPS) is 15.8. The fourth-order valence-corrected chi connectivity index (χ4v) is 6.05. The van der Waals surface area contributed by atoms with E-state index in [-0.39, 0.29) is 28.5 Å². The molecular formula is C32H26F2N6O4. The fraction of sp³-hybridized carbons (Fsp3) is 0.188. The van der Waals surface area contributed by atoms with Crippen molar-refractivity contribution in [3.05, 3.63) is 95.3 Å². The predicted molar refractivity (Wildman–Crippen MR) is 158 cm³/mol. The van der Waals surface area contributed by atoms with Crippen LogP contribution in [0.4, 0.5) is 25.1 Å². The number of urea groups is 1. The molecule has 0 atom stereocenters. The number of hydrogen-bond acceptors (Lipinski definition) is 6. The minimum Gasteiger partial charge on any atom is -0.454 e. The summed E-state index contributed by atoms with van der Waals surface area (Å²) in [4.78, 5) is 43.3. The quantitative estimate of drug-likeness (QED) is 0.165. The summed E-state index contributed by atoms with van der Waals surface area (Å²) in [5.41, 5.74) is 7.09. The lowest BCUT2D eigenvalue weighted by Gasteiger charge is -2.20. The van der Waals surface area contributed by atoms with Gasteiger partial charge in [0.1, 0.15) is 22.9 Å². The summed E-state index contributed by atoms with van der Waals surface area (Å²) in [5, 5.41) is 7.44. The van der Waals surface area contributed by atoms with Crippen LogP contribution in [0.5, 0.6) is 11.5 Å². The van der Waals surface area contributed by atoms with Crippen molar-refractivity contribution < 1.29 is 27.9 Å². The van der Waals surface area contributed by atoms with Crippen LogP contribution in [0.25, 0.3) is 16.6 Å². The van der Waals surface area contributed by atoms with Gasteiger partial charge in [-0.2, -0.15) is 5.10 Å². The van der Waals surface area contributed by atoms with Gasteiger partial charge in [0.15, 0.2) is 11.6 Å². The Labute approximate surface area is 249 Å². The maximum Gasteiger partial charge on any atom is 0.329 e. The highest BCUT2D eigenvalue weighted by atomic mass is 19.1. The number of aromatic amines is 1. The number of nitrogens with one attached hydrogen (secondary N) is 2. The number of para-hydroxylation sites is 1. The van der Waals surface area contributed by atoms with Crippen molar-refractivity contribution in [3.63, 3.8) is 0 Å². The van der Waals surface area contributed by atoms with E-state index in [1.165, 1.54) is 41.2 Å². The van der Waals surface area contributed by atoms with E-state index in [2.05, 4.69) is 15.4 Å². The van der Waals surface area contributed by atoms with Gasteiger partial charge in [-0.15, -0.1) is 0 Å². The maximum atomic E-state index is 15.3. The molecule has 2 aliphatic rings. The molecule has 0 radical (unpaired) electrons. The van der Waals surface area contributed by atoms with Crippen LogP contribution in [0.2, 0.25) is 0 Å². The summed E-state index contributed by atoms with van der Waals surface area (Å²) < 4.78 is 36.3. The Kier molecular flexibility index (Phi) is 6.23. The van der Waals surface area contributed by atoms with Crippen molar-refractivity contribution in [3.8, 4) is 17.2 Å². The maximum absolute atomic E-state index is 15.3. The second-order valence-electron chi connectivity index (χ2n) is 11.1. The molecule has 222 valence electrons. The van der Waals surface area contributed by atoms with Crippen molar-refractivity contribution in [2.24, 2.45) is 0 Å². The first-order valence-electron chi connectivity index (χ1n) is 14.1. The molecule has 0 bridgehead atoms. The smallest absolute Gasteiger partial charge is 0.329 e. The van der Waals surface area contributed by atoms with E-state index in [1.807, 2.05) is 0 Å². The zero-order valence-corrected chi connectivity index (χ0v) is 23.5. The van der Waals surface area contributed by atoms with Crippen molar-refractivity contribution in [2.75, 3.05) is 10.6 Å². The molecule has 1 aliphatic heterocycles. The second kappa shape index (κ2) is 10.0. The predicted octanol–water partition coefficient (Wildman–Crippen LogP) is 5.91. The number of nitrogen functional groups attached to an aromatic ring is 1. The number of carbonyl (C=O) groups is 3. The van der Waals surface area contributed by atoms with Crippen molar-refractivity contribution >= 4 is 40.1 Å². The van der Waals surface area contributed by atoms with Crippen molar-refractivity contribution in [1.29, 1.82) is 0 Å². The van der Waals surface area contributed by atoms with E-state index >= 15 is 4.39 Å². The Morgan fingerprint density at radius 1 is 1.00 bits per heavy atom. The van der Waals surface area contributed by atoms with Crippen molar-refractivity contribution in [2.45, 2.75) is 38.1 Å². The molecule has 3 amide bonds. The molecule has 5 aromatic rings. The first-order valence-corrected chi connectivity index (χ1v) is 14.1. The summed E-state index contributed by atoms with van der Waals surface area (Å²) in [6, 6.07) is 14.5. The third kappa shape index (κ3) is 4.29. The number of hydrogen-bond donors (Lipinski definition) is 3. The molecule has 10 nitrogen and oxygen atoms in total. The number of ketones is 1. The lowest BCUT2D eigenvalue weighted by molar-refractivity contribution is -0.121. The van der Waals surface area contributed by atoms with Gasteiger partial charge in [-0.25, -0.2) is 23.2 Å². The number of H-pyrrole nitrogens is 1. The van der Waals surface area contributed by atoms with Gasteiger partial charge in [0.05, 0.1) is 28.8 Å². The highest BCUT2D eigenvalue weighted by Crippen LogP contribution is 2.39. The van der Waals surface area contributed by atoms with E-state index in [4.69, 9.17) is 10.5 Å². The summed E-state index contributed by atoms with van der Waals surface area (Å²) in [6.07, 6.45) is 3.97. The lowest BCUT2D eigenvalue weighted by Crippen LogP contribution is -2.44. The Morgan fingerprint density at radius 2 is 1.77 bits per heavy atom. The van der Waals surface area contributed by atoms with Gasteiger partial charge in [0, 0.05) is 10.9 Å². The van der Waals surface area contributed by atoms with Crippen LogP contribution in [0.15, 0.2) is 66.9 Å². The van der Waals surface area contributed by atoms with E-state index in [9.17, 15) is 18.8 Å². The molecule has 4 N–H and O–H groups in total. The van der Waals surface area contributed by atoms with Gasteiger partial charge in [0.2, 0.25) is 5.78 Å². The Hall–Kier alpha value is -5.52. The SMILES string of the molecule is Cc1cc(Oc2ccccc2F)ccc1-n1ncc(C(=O)c2cc3cc(F)c(N4C(=O)NC5(CCCC5)C4=O)cc3[nH]2)c1N. The number of fused-ring (bicyclic) bond motifs is 1. The topological polar surface area (TPSA) is 135 Å². The van der Waals surface area contributed by atoms with Crippen LogP contribution in [0.3, 0.4) is 0 Å². The molecule has 1 saturated heterocycles. The molecule has 1 spiro atoms. The molecule has 1 saturated carbocycles. The van der Waals surface area contributed by atoms with Crippen LogP contribution >= 0.6 is 0 Å². The number of imide groups is 1. The van der Waals surface area contributed by atoms with Gasteiger partial charge >= 0.3 is 6.03 Å². The van der Waals surface area contributed by atoms with Crippen LogP contribution in [-0.2, 0) is 4.79 Å². The number of nitrogens with zero attached hydrogens (tertiary/aromatic N) is 3. The lowest BCUT2D eigenvalue weighted by atomic mass is 9.98. The molecule has 3 heterocycles. The molecule has 0 unspecified atom stereocenters. The van der Waals surface area contributed by atoms with Gasteiger partial charge in [-0.05, 0) is 73.9 Å². The Balaban J connectivity index is 1.16. The van der Waals surface area contributed by atoms with Gasteiger partial charge in [-0.1, -0.05) is 25.0 Å². The Bertz CT molecular complexity index is 2010. The van der Waals surface area contributed by atoms with Crippen LogP contribution in [0.1, 0.15) is 47.3 Å². The van der Waals surface area contributed by atoms with E-state index in [0.29, 0.717) is 40.7 Å². The molecule has 12 heteroatoms. The highest BCUT2D eigenvalue weighted by Gasteiger charge is 2.53. The van der Waals surface area contributed by atoms with Gasteiger partial charge in [-0.3, -0.25) is 9.59 Å². The number of benzene rings is 3. The zero-order chi connectivity index (χ0) is 30.7. The summed E-state index contributed by atoms with van der Waals surface area (Å²) in [6.45, 7) is 1.80. The molecule has 7 rings (SSSR count). The number of nitrogens with two attached hydrogens (primary N) is 1. The summed E-state index contributed by atoms with van der Waals surface area (Å²) in [5.74, 6) is -1.63. The van der Waals surface area contributed by atoms with E-state index in [0.717, 1.165) is 17.7 Å². The monoisotopic (exact) mass is 596 g/mol. The molecule has 1 aliphatic carbocycles. The van der Waals surface area contributed by atoms with Crippen LogP contribution < -0.4 is 20.7 Å². The Morgan fingerprint density at radius 3 is 2.52 bits per heavy atom. The third-order valence-corrected chi connectivity index (χ3v) is 8.30. The average Bonchev–Trinajstić information content (AvgIpc) is 3.77. The zero-order valence-electron chi connectivity index (χ0n) is 23.5. The minimum atomic E-state index is -0.988. The van der Waals surface area contributed by atoms with Gasteiger partial charge < -0.3 is 20.8 Å². The third-order valence-electron chi connectivity index (χ3n) is 8.30. The second-order valence-corrected chi connectivity index (χ2v) is 11.1. The standard InChI is InChI=1S/C32H26F2N6O4/c1-17-12-19(44-27-7-3-2-6-21(27)33)8-9-25(17)40-29(35)20(16-36-40)28(41)24-14-18-13-22(34)26(15-23(18)37-24)39-30(42)32(38-31(39)43)10-4-5-11-32/h2-3,6-9,12-16,37H,4-5,10-11,35H2,1H3,(H,38,43). The van der Waals surface area contributed by atoms with Crippen LogP contribution in [0, 0.1) is 18.6 Å². The molecule has 44 heavy (non-hydrogen) atoms. The number of aryl methyl sites for hydroxylation is 1. The average molecular weight is 597 g/mol. The number of carbonyl (C=O) groups excluding carboxylic acids is 3. The largest absolute Gasteiger partial charge is 0.454 e. The number of anilines is 2.